The van der Waals surface area contributed by atoms with Crippen LogP contribution in [0.3, 0.4) is 0 Å². The maximum atomic E-state index is 13.5. The van der Waals surface area contributed by atoms with Crippen molar-refractivity contribution < 1.29 is 18.7 Å². The van der Waals surface area contributed by atoms with Gasteiger partial charge in [0.2, 0.25) is 5.91 Å². The SMILES string of the molecule is COc1ccc(/C=C/C(=O)NCCOc2ccc(C)cc2)cc1F. The summed E-state index contributed by atoms with van der Waals surface area (Å²) in [6.07, 6.45) is 2.89. The molecular formula is C19H20FNO3. The molecule has 24 heavy (non-hydrogen) atoms. The Hall–Kier alpha value is -2.82. The van der Waals surface area contributed by atoms with Crippen LogP contribution in [0.4, 0.5) is 4.39 Å². The molecule has 0 radical (unpaired) electrons. The van der Waals surface area contributed by atoms with Crippen molar-refractivity contribution in [3.63, 3.8) is 0 Å². The van der Waals surface area contributed by atoms with Gasteiger partial charge in [0.05, 0.1) is 13.7 Å². The van der Waals surface area contributed by atoms with Crippen LogP contribution in [0.2, 0.25) is 0 Å². The minimum Gasteiger partial charge on any atom is -0.494 e. The summed E-state index contributed by atoms with van der Waals surface area (Å²) in [6.45, 7) is 2.76. The highest BCUT2D eigenvalue weighted by atomic mass is 19.1. The standard InChI is InChI=1S/C19H20FNO3/c1-14-3-7-16(8-4-14)24-12-11-21-19(22)10-6-15-5-9-18(23-2)17(20)13-15/h3-10,13H,11-12H2,1-2H3,(H,21,22)/b10-6+. The second kappa shape index (κ2) is 8.72. The predicted molar refractivity (Wildman–Crippen MR) is 91.7 cm³/mol. The quantitative estimate of drug-likeness (QED) is 0.626. The molecule has 0 heterocycles. The van der Waals surface area contributed by atoms with Crippen molar-refractivity contribution in [1.82, 2.24) is 5.32 Å². The zero-order valence-electron chi connectivity index (χ0n) is 13.7. The van der Waals surface area contributed by atoms with Crippen LogP contribution in [0.1, 0.15) is 11.1 Å². The van der Waals surface area contributed by atoms with E-state index >= 15 is 0 Å². The molecule has 4 nitrogen and oxygen atoms in total. The highest BCUT2D eigenvalue weighted by Crippen LogP contribution is 2.18. The number of halogens is 1. The number of benzene rings is 2. The van der Waals surface area contributed by atoms with Gasteiger partial charge in [-0.1, -0.05) is 23.8 Å². The second-order valence-corrected chi connectivity index (χ2v) is 5.18. The molecule has 0 aliphatic rings. The van der Waals surface area contributed by atoms with Crippen molar-refractivity contribution in [3.8, 4) is 11.5 Å². The number of carbonyl (C=O) groups excluding carboxylic acids is 1. The first-order valence-corrected chi connectivity index (χ1v) is 7.57. The number of methoxy groups -OCH3 is 1. The third kappa shape index (κ3) is 5.43. The van der Waals surface area contributed by atoms with Gasteiger partial charge in [-0.2, -0.15) is 0 Å². The summed E-state index contributed by atoms with van der Waals surface area (Å²) < 4.78 is 23.9. The van der Waals surface area contributed by atoms with Crippen LogP contribution in [0.5, 0.6) is 11.5 Å². The summed E-state index contributed by atoms with van der Waals surface area (Å²) in [4.78, 5) is 11.7. The van der Waals surface area contributed by atoms with Gasteiger partial charge >= 0.3 is 0 Å². The lowest BCUT2D eigenvalue weighted by Crippen LogP contribution is -2.26. The Kier molecular flexibility index (Phi) is 6.37. The van der Waals surface area contributed by atoms with E-state index in [1.807, 2.05) is 31.2 Å². The summed E-state index contributed by atoms with van der Waals surface area (Å²) in [5.74, 6) is 0.203. The van der Waals surface area contributed by atoms with Gasteiger partial charge in [0.1, 0.15) is 12.4 Å². The number of hydrogen-bond donors (Lipinski definition) is 1. The molecule has 0 atom stereocenters. The zero-order valence-corrected chi connectivity index (χ0v) is 13.7. The third-order valence-electron chi connectivity index (χ3n) is 3.29. The maximum absolute atomic E-state index is 13.5. The number of amides is 1. The average molecular weight is 329 g/mol. The fourth-order valence-corrected chi connectivity index (χ4v) is 1.99. The molecule has 1 N–H and O–H groups in total. The highest BCUT2D eigenvalue weighted by molar-refractivity contribution is 5.91. The Morgan fingerprint density at radius 3 is 2.62 bits per heavy atom. The lowest BCUT2D eigenvalue weighted by molar-refractivity contribution is -0.116. The minimum absolute atomic E-state index is 0.171. The van der Waals surface area contributed by atoms with Gasteiger partial charge in [-0.3, -0.25) is 4.79 Å². The number of ether oxygens (including phenoxy) is 2. The van der Waals surface area contributed by atoms with Crippen molar-refractivity contribution in [1.29, 1.82) is 0 Å². The number of rotatable bonds is 7. The fraction of sp³-hybridized carbons (Fsp3) is 0.211. The van der Waals surface area contributed by atoms with Crippen molar-refractivity contribution >= 4 is 12.0 Å². The summed E-state index contributed by atoms with van der Waals surface area (Å²) in [7, 11) is 1.40. The molecule has 2 aromatic carbocycles. The van der Waals surface area contributed by atoms with E-state index in [1.165, 1.54) is 25.3 Å². The number of hydrogen-bond acceptors (Lipinski definition) is 3. The molecule has 2 rings (SSSR count). The Morgan fingerprint density at radius 1 is 1.21 bits per heavy atom. The smallest absolute Gasteiger partial charge is 0.244 e. The Bertz CT molecular complexity index is 711. The predicted octanol–water partition coefficient (Wildman–Crippen LogP) is 3.35. The Balaban J connectivity index is 1.74. The van der Waals surface area contributed by atoms with E-state index in [9.17, 15) is 9.18 Å². The third-order valence-corrected chi connectivity index (χ3v) is 3.29. The molecule has 126 valence electrons. The van der Waals surface area contributed by atoms with Crippen LogP contribution in [0.25, 0.3) is 6.08 Å². The lowest BCUT2D eigenvalue weighted by Gasteiger charge is -2.06. The van der Waals surface area contributed by atoms with Crippen molar-refractivity contribution in [3.05, 3.63) is 65.5 Å². The maximum Gasteiger partial charge on any atom is 0.244 e. The molecule has 0 saturated carbocycles. The molecule has 0 bridgehead atoms. The van der Waals surface area contributed by atoms with Crippen molar-refractivity contribution in [2.24, 2.45) is 0 Å². The van der Waals surface area contributed by atoms with Crippen LogP contribution < -0.4 is 14.8 Å². The van der Waals surface area contributed by atoms with Gasteiger partial charge < -0.3 is 14.8 Å². The van der Waals surface area contributed by atoms with E-state index in [-0.39, 0.29) is 11.7 Å². The highest BCUT2D eigenvalue weighted by Gasteiger charge is 2.02. The Morgan fingerprint density at radius 2 is 1.96 bits per heavy atom. The van der Waals surface area contributed by atoms with Crippen molar-refractivity contribution in [2.75, 3.05) is 20.3 Å². The topological polar surface area (TPSA) is 47.6 Å². The molecule has 1 amide bonds. The number of nitrogens with one attached hydrogen (secondary N) is 1. The van der Waals surface area contributed by atoms with E-state index in [2.05, 4.69) is 5.32 Å². The average Bonchev–Trinajstić information content (AvgIpc) is 2.58. The molecule has 0 fully saturated rings. The first kappa shape index (κ1) is 17.5. The number of aryl methyl sites for hydroxylation is 1. The molecule has 0 spiro atoms. The largest absolute Gasteiger partial charge is 0.494 e. The lowest BCUT2D eigenvalue weighted by atomic mass is 10.2. The molecule has 0 aliphatic heterocycles. The molecule has 5 heteroatoms. The van der Waals surface area contributed by atoms with E-state index in [0.29, 0.717) is 18.7 Å². The van der Waals surface area contributed by atoms with Crippen molar-refractivity contribution in [2.45, 2.75) is 6.92 Å². The molecule has 0 aliphatic carbocycles. The van der Waals surface area contributed by atoms with Crippen LogP contribution >= 0.6 is 0 Å². The Labute approximate surface area is 140 Å². The summed E-state index contributed by atoms with van der Waals surface area (Å²) >= 11 is 0. The first-order valence-electron chi connectivity index (χ1n) is 7.57. The molecular weight excluding hydrogens is 309 g/mol. The van der Waals surface area contributed by atoms with Crippen LogP contribution in [-0.4, -0.2) is 26.2 Å². The second-order valence-electron chi connectivity index (χ2n) is 5.18. The van der Waals surface area contributed by atoms with Gasteiger partial charge in [-0.25, -0.2) is 4.39 Å². The van der Waals surface area contributed by atoms with Gasteiger partial charge in [-0.05, 0) is 42.8 Å². The molecule has 0 saturated heterocycles. The summed E-state index contributed by atoms with van der Waals surface area (Å²) in [6, 6.07) is 12.2. The molecule has 0 unspecified atom stereocenters. The summed E-state index contributed by atoms with van der Waals surface area (Å²) in [5.41, 5.74) is 1.75. The van der Waals surface area contributed by atoms with Gasteiger partial charge in [-0.15, -0.1) is 0 Å². The van der Waals surface area contributed by atoms with E-state index < -0.39 is 5.82 Å². The van der Waals surface area contributed by atoms with Crippen LogP contribution in [0.15, 0.2) is 48.5 Å². The van der Waals surface area contributed by atoms with E-state index in [0.717, 1.165) is 11.3 Å². The van der Waals surface area contributed by atoms with Gasteiger partial charge in [0.15, 0.2) is 11.6 Å². The van der Waals surface area contributed by atoms with Crippen LogP contribution in [-0.2, 0) is 4.79 Å². The van der Waals surface area contributed by atoms with Crippen LogP contribution in [0, 0.1) is 12.7 Å². The fourth-order valence-electron chi connectivity index (χ4n) is 1.99. The first-order chi connectivity index (χ1) is 11.6. The van der Waals surface area contributed by atoms with E-state index in [1.54, 1.807) is 12.1 Å². The van der Waals surface area contributed by atoms with E-state index in [4.69, 9.17) is 9.47 Å². The minimum atomic E-state index is -0.466. The molecule has 0 aromatic heterocycles. The monoisotopic (exact) mass is 329 g/mol. The van der Waals surface area contributed by atoms with Gasteiger partial charge in [0.25, 0.3) is 0 Å². The molecule has 2 aromatic rings. The normalized spacial score (nSPS) is 10.6. The number of carbonyl (C=O) groups is 1. The zero-order chi connectivity index (χ0) is 17.4. The summed E-state index contributed by atoms with van der Waals surface area (Å²) in [5, 5.41) is 2.70. The van der Waals surface area contributed by atoms with Gasteiger partial charge in [0, 0.05) is 6.08 Å².